The number of likely N-dealkylation sites (tertiary alicyclic amines) is 1. The maximum absolute atomic E-state index is 12.8. The van der Waals surface area contributed by atoms with Gasteiger partial charge in [0, 0.05) is 37.2 Å². The summed E-state index contributed by atoms with van der Waals surface area (Å²) in [5, 5.41) is 0. The quantitative estimate of drug-likeness (QED) is 0.604. The third-order valence-corrected chi connectivity index (χ3v) is 6.92. The van der Waals surface area contributed by atoms with E-state index in [2.05, 4.69) is 17.0 Å². The molecule has 0 spiro atoms. The Kier molecular flexibility index (Phi) is 5.66. The number of rotatable bonds is 3. The summed E-state index contributed by atoms with van der Waals surface area (Å²) in [5.74, 6) is 1.67. The molecule has 1 saturated heterocycles. The van der Waals surface area contributed by atoms with Crippen molar-refractivity contribution in [3.05, 3.63) is 41.5 Å². The number of piperidine rings is 1. The van der Waals surface area contributed by atoms with E-state index >= 15 is 0 Å². The standard InChI is InChI=1S/C27H32N2O5/c1-27(2,3)34-26(31)28-10-8-23-22(15-28)21-13-17(14-24-25(21)29(23)9-5-11-33-24)20-7-6-19(32-4)12-18(20)16-30/h6-7,12-14,16,22-23H,5,8-11,15H2,1-4H3/t22-,23-/m0/s1. The third kappa shape index (κ3) is 3.97. The van der Waals surface area contributed by atoms with Crippen molar-refractivity contribution >= 4 is 18.1 Å². The molecule has 2 aromatic rings. The molecule has 0 aliphatic carbocycles. The van der Waals surface area contributed by atoms with Crippen LogP contribution in [0.25, 0.3) is 11.1 Å². The highest BCUT2D eigenvalue weighted by atomic mass is 16.6. The molecule has 0 bridgehead atoms. The summed E-state index contributed by atoms with van der Waals surface area (Å²) in [6.07, 6.45) is 2.44. The van der Waals surface area contributed by atoms with Gasteiger partial charge in [0.15, 0.2) is 6.29 Å². The van der Waals surface area contributed by atoms with Crippen molar-refractivity contribution in [2.24, 2.45) is 0 Å². The summed E-state index contributed by atoms with van der Waals surface area (Å²) in [4.78, 5) is 29.0. The van der Waals surface area contributed by atoms with Crippen molar-refractivity contribution in [3.8, 4) is 22.6 Å². The molecule has 7 nitrogen and oxygen atoms in total. The molecular formula is C27H32N2O5. The number of methoxy groups -OCH3 is 1. The van der Waals surface area contributed by atoms with E-state index in [0.29, 0.717) is 37.1 Å². The molecule has 3 aliphatic rings. The number of nitrogens with zero attached hydrogens (tertiary/aromatic N) is 2. The fourth-order valence-electron chi connectivity index (χ4n) is 5.48. The summed E-state index contributed by atoms with van der Waals surface area (Å²) in [6.45, 7) is 8.57. The van der Waals surface area contributed by atoms with Gasteiger partial charge in [-0.05, 0) is 80.6 Å². The van der Waals surface area contributed by atoms with Crippen molar-refractivity contribution < 1.29 is 23.8 Å². The van der Waals surface area contributed by atoms with Crippen LogP contribution in [0.3, 0.4) is 0 Å². The number of benzene rings is 2. The first-order valence-electron chi connectivity index (χ1n) is 12.0. The zero-order valence-electron chi connectivity index (χ0n) is 20.3. The van der Waals surface area contributed by atoms with Crippen LogP contribution in [0, 0.1) is 0 Å². The van der Waals surface area contributed by atoms with E-state index in [-0.39, 0.29) is 12.0 Å². The molecule has 0 radical (unpaired) electrons. The van der Waals surface area contributed by atoms with Crippen LogP contribution >= 0.6 is 0 Å². The highest BCUT2D eigenvalue weighted by Gasteiger charge is 2.45. The van der Waals surface area contributed by atoms with E-state index < -0.39 is 5.60 Å². The number of amides is 1. The number of hydrogen-bond donors (Lipinski definition) is 0. The minimum absolute atomic E-state index is 0.162. The third-order valence-electron chi connectivity index (χ3n) is 6.92. The van der Waals surface area contributed by atoms with Crippen molar-refractivity contribution in [2.45, 2.75) is 51.2 Å². The molecule has 34 heavy (non-hydrogen) atoms. The van der Waals surface area contributed by atoms with Gasteiger partial charge in [0.25, 0.3) is 0 Å². The van der Waals surface area contributed by atoms with Crippen LogP contribution in [0.15, 0.2) is 30.3 Å². The summed E-state index contributed by atoms with van der Waals surface area (Å²) >= 11 is 0. The topological polar surface area (TPSA) is 68.3 Å². The maximum atomic E-state index is 12.8. The van der Waals surface area contributed by atoms with Gasteiger partial charge < -0.3 is 24.0 Å². The van der Waals surface area contributed by atoms with Gasteiger partial charge in [-0.15, -0.1) is 0 Å². The number of hydrogen-bond acceptors (Lipinski definition) is 6. The Morgan fingerprint density at radius 2 is 2.00 bits per heavy atom. The molecule has 0 saturated carbocycles. The second kappa shape index (κ2) is 8.53. The van der Waals surface area contributed by atoms with Gasteiger partial charge >= 0.3 is 6.09 Å². The van der Waals surface area contributed by atoms with Crippen LogP contribution in [0.5, 0.6) is 11.5 Å². The lowest BCUT2D eigenvalue weighted by molar-refractivity contribution is 0.0189. The number of carbonyl (C=O) groups is 2. The Hall–Kier alpha value is -3.22. The van der Waals surface area contributed by atoms with E-state index in [1.165, 1.54) is 5.56 Å². The second-order valence-electron chi connectivity index (χ2n) is 10.3. The summed E-state index contributed by atoms with van der Waals surface area (Å²) in [6, 6.07) is 10.1. The number of carbonyl (C=O) groups excluding carboxylic acids is 2. The summed E-state index contributed by atoms with van der Waals surface area (Å²) < 4.78 is 17.2. The Morgan fingerprint density at radius 1 is 1.18 bits per heavy atom. The van der Waals surface area contributed by atoms with E-state index in [1.54, 1.807) is 13.2 Å². The zero-order valence-corrected chi connectivity index (χ0v) is 20.3. The maximum Gasteiger partial charge on any atom is 0.410 e. The van der Waals surface area contributed by atoms with Gasteiger partial charge in [-0.2, -0.15) is 0 Å². The van der Waals surface area contributed by atoms with Crippen molar-refractivity contribution in [1.82, 2.24) is 4.90 Å². The largest absolute Gasteiger partial charge is 0.497 e. The Labute approximate surface area is 200 Å². The fourth-order valence-corrected chi connectivity index (χ4v) is 5.48. The molecule has 2 atom stereocenters. The molecule has 1 amide bonds. The molecule has 0 N–H and O–H groups in total. The van der Waals surface area contributed by atoms with Crippen LogP contribution in [0.4, 0.5) is 10.5 Å². The summed E-state index contributed by atoms with van der Waals surface area (Å²) in [7, 11) is 1.59. The van der Waals surface area contributed by atoms with Crippen molar-refractivity contribution in [1.29, 1.82) is 0 Å². The minimum atomic E-state index is -0.526. The van der Waals surface area contributed by atoms with Gasteiger partial charge in [-0.1, -0.05) is 0 Å². The molecule has 0 aromatic heterocycles. The first-order valence-corrected chi connectivity index (χ1v) is 12.0. The predicted molar refractivity (Wildman–Crippen MR) is 130 cm³/mol. The smallest absolute Gasteiger partial charge is 0.410 e. The second-order valence-corrected chi connectivity index (χ2v) is 10.3. The van der Waals surface area contributed by atoms with Gasteiger partial charge in [-0.25, -0.2) is 4.79 Å². The normalized spacial score (nSPS) is 21.2. The first-order chi connectivity index (χ1) is 16.3. The first kappa shape index (κ1) is 22.6. The fraction of sp³-hybridized carbons (Fsp3) is 0.481. The van der Waals surface area contributed by atoms with Crippen molar-refractivity contribution in [3.63, 3.8) is 0 Å². The molecule has 0 unspecified atom stereocenters. The average molecular weight is 465 g/mol. The Bertz CT molecular complexity index is 1120. The molecule has 7 heteroatoms. The lowest BCUT2D eigenvalue weighted by Gasteiger charge is -2.39. The molecule has 3 aliphatic heterocycles. The molecule has 1 fully saturated rings. The number of ether oxygens (including phenoxy) is 3. The molecular weight excluding hydrogens is 432 g/mol. The highest BCUT2D eigenvalue weighted by Crippen LogP contribution is 2.52. The SMILES string of the molecule is COc1ccc(-c2cc3c4c(c2)[C@@H]2CN(C(=O)OC(C)(C)C)CC[C@@H]2N4CCCO3)c(C=O)c1. The van der Waals surface area contributed by atoms with E-state index in [1.807, 2.05) is 37.8 Å². The Balaban J connectivity index is 1.56. The van der Waals surface area contributed by atoms with Gasteiger partial charge in [0.05, 0.1) is 19.4 Å². The van der Waals surface area contributed by atoms with E-state index in [0.717, 1.165) is 48.2 Å². The predicted octanol–water partition coefficient (Wildman–Crippen LogP) is 4.87. The van der Waals surface area contributed by atoms with Gasteiger partial charge in [0.1, 0.15) is 17.1 Å². The average Bonchev–Trinajstić information content (AvgIpc) is 2.96. The van der Waals surface area contributed by atoms with Crippen LogP contribution < -0.4 is 14.4 Å². The summed E-state index contributed by atoms with van der Waals surface area (Å²) in [5.41, 5.74) is 4.16. The van der Waals surface area contributed by atoms with Gasteiger partial charge in [-0.3, -0.25) is 4.79 Å². The number of aldehydes is 1. The number of anilines is 1. The van der Waals surface area contributed by atoms with Crippen LogP contribution in [-0.4, -0.2) is 62.3 Å². The van der Waals surface area contributed by atoms with Gasteiger partial charge in [0.2, 0.25) is 0 Å². The minimum Gasteiger partial charge on any atom is -0.497 e. The lowest BCUT2D eigenvalue weighted by atomic mass is 9.87. The highest BCUT2D eigenvalue weighted by molar-refractivity contribution is 5.90. The number of fused-ring (bicyclic) bond motifs is 3. The molecule has 2 aromatic carbocycles. The van der Waals surface area contributed by atoms with E-state index in [9.17, 15) is 9.59 Å². The molecule has 5 rings (SSSR count). The zero-order chi connectivity index (χ0) is 24.0. The van der Waals surface area contributed by atoms with Crippen LogP contribution in [0.2, 0.25) is 0 Å². The monoisotopic (exact) mass is 464 g/mol. The Morgan fingerprint density at radius 3 is 2.74 bits per heavy atom. The van der Waals surface area contributed by atoms with Crippen molar-refractivity contribution in [2.75, 3.05) is 38.3 Å². The van der Waals surface area contributed by atoms with E-state index in [4.69, 9.17) is 14.2 Å². The van der Waals surface area contributed by atoms with Crippen LogP contribution in [-0.2, 0) is 4.74 Å². The molecule has 180 valence electrons. The lowest BCUT2D eigenvalue weighted by Crippen LogP contribution is -2.49. The van der Waals surface area contributed by atoms with Crippen LogP contribution in [0.1, 0.15) is 55.5 Å². The molecule has 3 heterocycles.